The highest BCUT2D eigenvalue weighted by Gasteiger charge is 2.62. The second kappa shape index (κ2) is 9.55. The van der Waals surface area contributed by atoms with Gasteiger partial charge in [-0.3, -0.25) is 14.4 Å². The Labute approximate surface area is 236 Å². The van der Waals surface area contributed by atoms with E-state index in [0.717, 1.165) is 32.7 Å². The molecular weight excluding hydrogens is 516 g/mol. The van der Waals surface area contributed by atoms with Gasteiger partial charge < -0.3 is 10.1 Å². The minimum Gasteiger partial charge on any atom is -0.452 e. The lowest BCUT2D eigenvalue weighted by molar-refractivity contribution is -0.122. The third kappa shape index (κ3) is 3.88. The molecule has 0 saturated carbocycles. The number of ether oxygens (including phenoxy) is 1. The first kappa shape index (κ1) is 25.0. The summed E-state index contributed by atoms with van der Waals surface area (Å²) in [5, 5.41) is 2.71. The average molecular weight is 543 g/mol. The Morgan fingerprint density at radius 2 is 1.27 bits per heavy atom. The van der Waals surface area contributed by atoms with Crippen molar-refractivity contribution in [2.75, 3.05) is 16.8 Å². The summed E-state index contributed by atoms with van der Waals surface area (Å²) in [5.74, 6) is -3.56. The highest BCUT2D eigenvalue weighted by molar-refractivity contribution is 6.25. The van der Waals surface area contributed by atoms with E-state index in [0.29, 0.717) is 5.69 Å². The third-order valence-corrected chi connectivity index (χ3v) is 8.45. The normalized spacial score (nSPS) is 21.6. The number of carbonyl (C=O) groups excluding carboxylic acids is 4. The fourth-order valence-electron chi connectivity index (χ4n) is 6.88. The monoisotopic (exact) mass is 542 g/mol. The molecule has 1 fully saturated rings. The van der Waals surface area contributed by atoms with E-state index in [1.165, 1.54) is 6.07 Å². The van der Waals surface area contributed by atoms with E-state index in [1.807, 2.05) is 73.7 Å². The van der Waals surface area contributed by atoms with Crippen molar-refractivity contribution in [1.82, 2.24) is 0 Å². The highest BCUT2D eigenvalue weighted by Crippen LogP contribution is 2.61. The molecule has 41 heavy (non-hydrogen) atoms. The molecule has 0 aromatic heterocycles. The van der Waals surface area contributed by atoms with Gasteiger partial charge in [0.25, 0.3) is 5.91 Å². The van der Waals surface area contributed by atoms with Crippen molar-refractivity contribution >= 4 is 35.1 Å². The van der Waals surface area contributed by atoms with Gasteiger partial charge in [-0.25, -0.2) is 9.69 Å². The maximum Gasteiger partial charge on any atom is 0.340 e. The molecule has 4 aliphatic rings. The average Bonchev–Trinajstić information content (AvgIpc) is 3.26. The molecular formula is C34H26N2O5. The van der Waals surface area contributed by atoms with E-state index in [2.05, 4.69) is 5.32 Å². The van der Waals surface area contributed by atoms with E-state index in [1.54, 1.807) is 24.3 Å². The minimum absolute atomic E-state index is 0.0542. The summed E-state index contributed by atoms with van der Waals surface area (Å²) in [5.41, 5.74) is 6.11. The molecule has 4 aromatic rings. The molecule has 3 aliphatic carbocycles. The first-order valence-electron chi connectivity index (χ1n) is 13.6. The molecule has 1 aliphatic heterocycles. The van der Waals surface area contributed by atoms with Gasteiger partial charge in [0.15, 0.2) is 6.61 Å². The number of hydrogen-bond donors (Lipinski definition) is 1. The summed E-state index contributed by atoms with van der Waals surface area (Å²) in [4.78, 5) is 55.1. The van der Waals surface area contributed by atoms with Crippen LogP contribution in [0.15, 0.2) is 97.1 Å². The molecule has 8 rings (SSSR count). The molecule has 7 nitrogen and oxygen atoms in total. The molecule has 2 bridgehead atoms. The summed E-state index contributed by atoms with van der Waals surface area (Å²) >= 11 is 0. The lowest BCUT2D eigenvalue weighted by Gasteiger charge is -2.45. The van der Waals surface area contributed by atoms with Crippen LogP contribution in [-0.4, -0.2) is 30.3 Å². The molecule has 1 heterocycles. The summed E-state index contributed by atoms with van der Waals surface area (Å²) < 4.78 is 5.34. The van der Waals surface area contributed by atoms with Gasteiger partial charge in [0.05, 0.1) is 23.1 Å². The number of rotatable bonds is 5. The van der Waals surface area contributed by atoms with Crippen molar-refractivity contribution < 1.29 is 23.9 Å². The number of aryl methyl sites for hydroxylation is 1. The Morgan fingerprint density at radius 1 is 0.732 bits per heavy atom. The summed E-state index contributed by atoms with van der Waals surface area (Å²) in [7, 11) is 0. The smallest absolute Gasteiger partial charge is 0.340 e. The second-order valence-corrected chi connectivity index (χ2v) is 10.8. The lowest BCUT2D eigenvalue weighted by Crippen LogP contribution is -2.41. The van der Waals surface area contributed by atoms with Crippen molar-refractivity contribution in [2.24, 2.45) is 11.8 Å². The number of carbonyl (C=O) groups is 4. The number of hydrogen-bond acceptors (Lipinski definition) is 5. The van der Waals surface area contributed by atoms with Gasteiger partial charge in [0, 0.05) is 17.5 Å². The van der Waals surface area contributed by atoms with Gasteiger partial charge in [-0.05, 0) is 59.0 Å². The van der Waals surface area contributed by atoms with Gasteiger partial charge in [0.2, 0.25) is 11.8 Å². The Morgan fingerprint density at radius 3 is 1.83 bits per heavy atom. The van der Waals surface area contributed by atoms with Crippen LogP contribution in [0.2, 0.25) is 0 Å². The Balaban J connectivity index is 1.18. The Hall–Kier alpha value is -5.04. The standard InChI is InChI=1S/C34H26N2O5/c1-19-9-8-10-20(17-19)35-27(37)18-41-34(40)25-15-6-7-16-26(25)36-32(38)30-28-21-11-2-3-12-22(21)29(31(30)33(36)39)24-14-5-4-13-23(24)28/h2-17,28-31H,18H2,1H3,(H,35,37)/t28?,29?,30-,31+. The van der Waals surface area contributed by atoms with Crippen LogP contribution in [0.4, 0.5) is 11.4 Å². The summed E-state index contributed by atoms with van der Waals surface area (Å²) in [6.45, 7) is 1.40. The molecule has 1 saturated heterocycles. The second-order valence-electron chi connectivity index (χ2n) is 10.8. The van der Waals surface area contributed by atoms with Crippen molar-refractivity contribution in [2.45, 2.75) is 18.8 Å². The van der Waals surface area contributed by atoms with Gasteiger partial charge in [-0.2, -0.15) is 0 Å². The molecule has 3 amide bonds. The molecule has 1 N–H and O–H groups in total. The zero-order valence-corrected chi connectivity index (χ0v) is 22.2. The predicted molar refractivity (Wildman–Crippen MR) is 153 cm³/mol. The van der Waals surface area contributed by atoms with E-state index >= 15 is 0 Å². The maximum absolute atomic E-state index is 14.1. The van der Waals surface area contributed by atoms with Crippen molar-refractivity contribution in [1.29, 1.82) is 0 Å². The number of anilines is 2. The fraction of sp³-hybridized carbons (Fsp3) is 0.176. The zero-order chi connectivity index (χ0) is 28.2. The number of imide groups is 1. The zero-order valence-electron chi connectivity index (χ0n) is 22.2. The van der Waals surface area contributed by atoms with Crippen molar-refractivity contribution in [3.05, 3.63) is 130 Å². The largest absolute Gasteiger partial charge is 0.452 e. The number of nitrogens with one attached hydrogen (secondary N) is 1. The lowest BCUT2D eigenvalue weighted by atomic mass is 9.55. The van der Waals surface area contributed by atoms with Crippen molar-refractivity contribution in [3.8, 4) is 0 Å². The maximum atomic E-state index is 14.1. The number of esters is 1. The van der Waals surface area contributed by atoms with Crippen LogP contribution >= 0.6 is 0 Å². The minimum atomic E-state index is -0.787. The first-order chi connectivity index (χ1) is 19.9. The van der Waals surface area contributed by atoms with E-state index in [9.17, 15) is 19.2 Å². The molecule has 202 valence electrons. The number of para-hydroxylation sites is 1. The first-order valence-corrected chi connectivity index (χ1v) is 13.6. The van der Waals surface area contributed by atoms with Crippen molar-refractivity contribution in [3.63, 3.8) is 0 Å². The number of nitrogens with zero attached hydrogens (tertiary/aromatic N) is 1. The number of amides is 3. The van der Waals surface area contributed by atoms with Crippen LogP contribution in [0.3, 0.4) is 0 Å². The summed E-state index contributed by atoms with van der Waals surface area (Å²) in [6, 6.07) is 29.8. The van der Waals surface area contributed by atoms with Crippen LogP contribution in [-0.2, 0) is 19.1 Å². The topological polar surface area (TPSA) is 92.8 Å². The van der Waals surface area contributed by atoms with Crippen LogP contribution < -0.4 is 10.2 Å². The highest BCUT2D eigenvalue weighted by atomic mass is 16.5. The van der Waals surface area contributed by atoms with E-state index < -0.39 is 30.3 Å². The Kier molecular flexibility index (Phi) is 5.82. The predicted octanol–water partition coefficient (Wildman–Crippen LogP) is 5.19. The van der Waals surface area contributed by atoms with Gasteiger partial charge in [-0.1, -0.05) is 72.8 Å². The Bertz CT molecular complexity index is 1650. The molecule has 0 spiro atoms. The van der Waals surface area contributed by atoms with Gasteiger partial charge in [0.1, 0.15) is 0 Å². The van der Waals surface area contributed by atoms with Crippen LogP contribution in [0.5, 0.6) is 0 Å². The molecule has 2 atom stereocenters. The fourth-order valence-corrected chi connectivity index (χ4v) is 6.88. The molecule has 0 radical (unpaired) electrons. The van der Waals surface area contributed by atoms with E-state index in [-0.39, 0.29) is 34.9 Å². The third-order valence-electron chi connectivity index (χ3n) is 8.45. The van der Waals surface area contributed by atoms with E-state index in [4.69, 9.17) is 4.74 Å². The van der Waals surface area contributed by atoms with Gasteiger partial charge in [-0.15, -0.1) is 0 Å². The van der Waals surface area contributed by atoms with Crippen LogP contribution in [0.25, 0.3) is 0 Å². The van der Waals surface area contributed by atoms with Crippen LogP contribution in [0, 0.1) is 18.8 Å². The molecule has 0 unspecified atom stereocenters. The van der Waals surface area contributed by atoms with Gasteiger partial charge >= 0.3 is 5.97 Å². The number of benzene rings is 4. The molecule has 7 heteroatoms. The SMILES string of the molecule is Cc1cccc(NC(=O)COC(=O)c2ccccc2N2C(=O)[C@@H]3C4c5ccccc5C(c5ccccc54)[C@@H]3C2=O)c1. The van der Waals surface area contributed by atoms with Crippen LogP contribution in [0.1, 0.15) is 50.0 Å². The quantitative estimate of drug-likeness (QED) is 0.277. The summed E-state index contributed by atoms with van der Waals surface area (Å²) in [6.07, 6.45) is 0. The molecule has 4 aromatic carbocycles.